The lowest BCUT2D eigenvalue weighted by Gasteiger charge is -2.20. The molecule has 138 valence electrons. The molecule has 1 aliphatic carbocycles. The second-order valence-electron chi connectivity index (χ2n) is 6.24. The van der Waals surface area contributed by atoms with Gasteiger partial charge in [-0.3, -0.25) is 0 Å². The third kappa shape index (κ3) is 4.02. The van der Waals surface area contributed by atoms with E-state index < -0.39 is 0 Å². The van der Waals surface area contributed by atoms with Crippen LogP contribution < -0.4 is 24.8 Å². The minimum atomic E-state index is -0.264. The average Bonchev–Trinajstić information content (AvgIpc) is 3.51. The molecule has 2 aromatic rings. The number of hydrogen-bond donors (Lipinski definition) is 2. The fraction of sp³-hybridized carbons (Fsp3) is 0.350. The van der Waals surface area contributed by atoms with Gasteiger partial charge in [0, 0.05) is 12.1 Å². The molecule has 2 N–H and O–H groups in total. The monoisotopic (exact) mass is 356 g/mol. The SMILES string of the molecule is COc1cc(NC(=O)NC(c2ccccc2)C2CC2)cc(OC)c1OC. The van der Waals surface area contributed by atoms with Crippen LogP contribution in [-0.4, -0.2) is 27.4 Å². The van der Waals surface area contributed by atoms with E-state index in [4.69, 9.17) is 14.2 Å². The van der Waals surface area contributed by atoms with Gasteiger partial charge < -0.3 is 24.8 Å². The topological polar surface area (TPSA) is 68.8 Å². The van der Waals surface area contributed by atoms with Crippen LogP contribution in [0.1, 0.15) is 24.4 Å². The van der Waals surface area contributed by atoms with Crippen LogP contribution in [0.3, 0.4) is 0 Å². The van der Waals surface area contributed by atoms with Crippen molar-refractivity contribution >= 4 is 11.7 Å². The van der Waals surface area contributed by atoms with Gasteiger partial charge in [-0.25, -0.2) is 4.79 Å². The van der Waals surface area contributed by atoms with Crippen molar-refractivity contribution in [3.63, 3.8) is 0 Å². The zero-order valence-corrected chi connectivity index (χ0v) is 15.2. The summed E-state index contributed by atoms with van der Waals surface area (Å²) in [4.78, 5) is 12.5. The van der Waals surface area contributed by atoms with Gasteiger partial charge in [-0.2, -0.15) is 0 Å². The normalized spacial score (nSPS) is 14.3. The second kappa shape index (κ2) is 7.99. The first-order chi connectivity index (χ1) is 12.7. The molecule has 0 aliphatic heterocycles. The van der Waals surface area contributed by atoms with Gasteiger partial charge in [0.05, 0.1) is 33.1 Å². The Morgan fingerprint density at radius 3 is 2.12 bits per heavy atom. The minimum Gasteiger partial charge on any atom is -0.493 e. The molecule has 2 aromatic carbocycles. The largest absolute Gasteiger partial charge is 0.493 e. The molecule has 0 heterocycles. The quantitative estimate of drug-likeness (QED) is 0.787. The lowest BCUT2D eigenvalue weighted by atomic mass is 10.0. The molecule has 0 bridgehead atoms. The summed E-state index contributed by atoms with van der Waals surface area (Å²) in [6.07, 6.45) is 2.26. The summed E-state index contributed by atoms with van der Waals surface area (Å²) in [7, 11) is 4.62. The van der Waals surface area contributed by atoms with Crippen LogP contribution in [0, 0.1) is 5.92 Å². The lowest BCUT2D eigenvalue weighted by Crippen LogP contribution is -2.33. The van der Waals surface area contributed by atoms with Crippen molar-refractivity contribution in [2.75, 3.05) is 26.6 Å². The second-order valence-corrected chi connectivity index (χ2v) is 6.24. The number of amides is 2. The number of methoxy groups -OCH3 is 3. The standard InChI is InChI=1S/C20H24N2O4/c1-24-16-11-15(12-17(25-2)19(16)26-3)21-20(23)22-18(14-9-10-14)13-7-5-4-6-8-13/h4-8,11-12,14,18H,9-10H2,1-3H3,(H2,21,22,23). The molecule has 1 fully saturated rings. The zero-order valence-electron chi connectivity index (χ0n) is 15.2. The number of carbonyl (C=O) groups excluding carboxylic acids is 1. The number of urea groups is 1. The molecule has 26 heavy (non-hydrogen) atoms. The predicted molar refractivity (Wildman–Crippen MR) is 100 cm³/mol. The molecule has 6 heteroatoms. The van der Waals surface area contributed by atoms with E-state index in [1.807, 2.05) is 30.3 Å². The van der Waals surface area contributed by atoms with E-state index in [1.165, 1.54) is 0 Å². The molecular weight excluding hydrogens is 332 g/mol. The maximum atomic E-state index is 12.5. The molecule has 1 unspecified atom stereocenters. The Morgan fingerprint density at radius 2 is 1.62 bits per heavy atom. The number of nitrogens with one attached hydrogen (secondary N) is 2. The number of anilines is 1. The number of hydrogen-bond acceptors (Lipinski definition) is 4. The van der Waals surface area contributed by atoms with E-state index in [9.17, 15) is 4.79 Å². The smallest absolute Gasteiger partial charge is 0.319 e. The molecule has 1 aliphatic rings. The fourth-order valence-corrected chi connectivity index (χ4v) is 3.02. The third-order valence-corrected chi connectivity index (χ3v) is 4.46. The van der Waals surface area contributed by atoms with Crippen molar-refractivity contribution in [1.29, 1.82) is 0 Å². The molecule has 3 rings (SSSR count). The highest BCUT2D eigenvalue weighted by molar-refractivity contribution is 5.90. The van der Waals surface area contributed by atoms with Crippen molar-refractivity contribution in [2.45, 2.75) is 18.9 Å². The van der Waals surface area contributed by atoms with Gasteiger partial charge >= 0.3 is 6.03 Å². The molecule has 0 aromatic heterocycles. The van der Waals surface area contributed by atoms with Crippen molar-refractivity contribution in [3.05, 3.63) is 48.0 Å². The van der Waals surface area contributed by atoms with Gasteiger partial charge in [0.1, 0.15) is 0 Å². The Labute approximate surface area is 153 Å². The summed E-state index contributed by atoms with van der Waals surface area (Å²) in [5.41, 5.74) is 1.69. The lowest BCUT2D eigenvalue weighted by molar-refractivity contribution is 0.247. The third-order valence-electron chi connectivity index (χ3n) is 4.46. The molecule has 0 radical (unpaired) electrons. The summed E-state index contributed by atoms with van der Waals surface area (Å²) in [6, 6.07) is 13.2. The van der Waals surface area contributed by atoms with Crippen LogP contribution in [0.4, 0.5) is 10.5 Å². The van der Waals surface area contributed by atoms with E-state index in [1.54, 1.807) is 33.5 Å². The number of carbonyl (C=O) groups is 1. The van der Waals surface area contributed by atoms with Crippen LogP contribution in [-0.2, 0) is 0 Å². The summed E-state index contributed by atoms with van der Waals surface area (Å²) < 4.78 is 15.9. The Morgan fingerprint density at radius 1 is 1.00 bits per heavy atom. The Kier molecular flexibility index (Phi) is 5.51. The van der Waals surface area contributed by atoms with Crippen molar-refractivity contribution in [3.8, 4) is 17.2 Å². The van der Waals surface area contributed by atoms with Crippen LogP contribution in [0.25, 0.3) is 0 Å². The molecule has 1 saturated carbocycles. The molecule has 1 atom stereocenters. The molecule has 0 saturated heterocycles. The number of rotatable bonds is 7. The molecule has 0 spiro atoms. The number of ether oxygens (including phenoxy) is 3. The Balaban J connectivity index is 1.75. The molecule has 2 amide bonds. The average molecular weight is 356 g/mol. The van der Waals surface area contributed by atoms with E-state index in [0.29, 0.717) is 28.9 Å². The highest BCUT2D eigenvalue weighted by Crippen LogP contribution is 2.42. The van der Waals surface area contributed by atoms with Gasteiger partial charge in [-0.05, 0) is 24.3 Å². The van der Waals surface area contributed by atoms with E-state index in [0.717, 1.165) is 18.4 Å². The highest BCUT2D eigenvalue weighted by Gasteiger charge is 2.33. The van der Waals surface area contributed by atoms with Crippen LogP contribution in [0.2, 0.25) is 0 Å². The number of benzene rings is 2. The van der Waals surface area contributed by atoms with Crippen LogP contribution >= 0.6 is 0 Å². The summed E-state index contributed by atoms with van der Waals surface area (Å²) >= 11 is 0. The fourth-order valence-electron chi connectivity index (χ4n) is 3.02. The minimum absolute atomic E-state index is 0.0123. The van der Waals surface area contributed by atoms with Crippen LogP contribution in [0.5, 0.6) is 17.2 Å². The predicted octanol–water partition coefficient (Wildman–Crippen LogP) is 3.99. The van der Waals surface area contributed by atoms with E-state index in [2.05, 4.69) is 10.6 Å². The first-order valence-corrected chi connectivity index (χ1v) is 8.58. The van der Waals surface area contributed by atoms with Crippen molar-refractivity contribution < 1.29 is 19.0 Å². The van der Waals surface area contributed by atoms with Gasteiger partial charge in [-0.1, -0.05) is 30.3 Å². The Bertz CT molecular complexity index is 735. The zero-order chi connectivity index (χ0) is 18.5. The van der Waals surface area contributed by atoms with E-state index >= 15 is 0 Å². The highest BCUT2D eigenvalue weighted by atomic mass is 16.5. The van der Waals surface area contributed by atoms with Gasteiger partial charge in [0.2, 0.25) is 5.75 Å². The van der Waals surface area contributed by atoms with Gasteiger partial charge in [-0.15, -0.1) is 0 Å². The first kappa shape index (κ1) is 17.9. The van der Waals surface area contributed by atoms with Crippen LogP contribution in [0.15, 0.2) is 42.5 Å². The molecular formula is C20H24N2O4. The Hall–Kier alpha value is -2.89. The summed E-state index contributed by atoms with van der Waals surface area (Å²) in [6.45, 7) is 0. The van der Waals surface area contributed by atoms with Gasteiger partial charge in [0.25, 0.3) is 0 Å². The summed E-state index contributed by atoms with van der Waals surface area (Å²) in [5.74, 6) is 1.96. The molecule has 6 nitrogen and oxygen atoms in total. The maximum absolute atomic E-state index is 12.5. The van der Waals surface area contributed by atoms with Crippen molar-refractivity contribution in [2.24, 2.45) is 5.92 Å². The van der Waals surface area contributed by atoms with Crippen molar-refractivity contribution in [1.82, 2.24) is 5.32 Å². The first-order valence-electron chi connectivity index (χ1n) is 8.58. The maximum Gasteiger partial charge on any atom is 0.319 e. The summed E-state index contributed by atoms with van der Waals surface area (Å²) in [5, 5.41) is 5.94. The van der Waals surface area contributed by atoms with E-state index in [-0.39, 0.29) is 12.1 Å². The van der Waals surface area contributed by atoms with Gasteiger partial charge in [0.15, 0.2) is 11.5 Å².